The summed E-state index contributed by atoms with van der Waals surface area (Å²) in [5, 5.41) is -0.354. The highest BCUT2D eigenvalue weighted by atomic mass is 32.1. The molecule has 0 spiro atoms. The average molecular weight is 332 g/mol. The normalized spacial score (nSPS) is 10.0. The van der Waals surface area contributed by atoms with Crippen LogP contribution < -0.4 is 9.47 Å². The van der Waals surface area contributed by atoms with Gasteiger partial charge in [-0.25, -0.2) is 4.79 Å². The van der Waals surface area contributed by atoms with Crippen LogP contribution in [-0.2, 0) is 11.3 Å². The van der Waals surface area contributed by atoms with Crippen molar-refractivity contribution in [3.8, 4) is 11.5 Å². The molecule has 0 saturated carbocycles. The molecule has 0 unspecified atom stereocenters. The molecule has 0 aliphatic heterocycles. The molecule has 6 heteroatoms. The molecule has 2 aromatic carbocycles. The zero-order chi connectivity index (χ0) is 16.8. The minimum Gasteiger partial charge on any atom is -0.497 e. The largest absolute Gasteiger partial charge is 0.497 e. The fraction of sp³-hybridized carbons (Fsp3) is 0.176. The molecule has 23 heavy (non-hydrogen) atoms. The first-order chi connectivity index (χ1) is 11.0. The molecule has 2 rings (SSSR count). The lowest BCUT2D eigenvalue weighted by Crippen LogP contribution is -2.06. The van der Waals surface area contributed by atoms with E-state index in [1.165, 1.54) is 31.4 Å². The smallest absolute Gasteiger partial charge is 0.338 e. The summed E-state index contributed by atoms with van der Waals surface area (Å²) in [6.07, 6.45) is 0. The van der Waals surface area contributed by atoms with Gasteiger partial charge in [0.1, 0.15) is 18.1 Å². The maximum atomic E-state index is 12.0. The van der Waals surface area contributed by atoms with Gasteiger partial charge in [0, 0.05) is 17.2 Å². The molecule has 2 aromatic rings. The highest BCUT2D eigenvalue weighted by molar-refractivity contribution is 7.97. The molecule has 0 amide bonds. The maximum Gasteiger partial charge on any atom is 0.338 e. The van der Waals surface area contributed by atoms with Crippen LogP contribution in [0.3, 0.4) is 0 Å². The van der Waals surface area contributed by atoms with Crippen molar-refractivity contribution in [3.05, 3.63) is 59.2 Å². The highest BCUT2D eigenvalue weighted by Gasteiger charge is 2.11. The number of rotatable bonds is 6. The van der Waals surface area contributed by atoms with E-state index in [0.717, 1.165) is 5.56 Å². The Kier molecular flexibility index (Phi) is 5.65. The monoisotopic (exact) mass is 332 g/mol. The summed E-state index contributed by atoms with van der Waals surface area (Å²) in [7, 11) is 3.10. The molecule has 0 aliphatic carbocycles. The minimum absolute atomic E-state index is 0.0687. The molecule has 0 fully saturated rings. The van der Waals surface area contributed by atoms with E-state index < -0.39 is 5.97 Å². The van der Waals surface area contributed by atoms with Gasteiger partial charge in [-0.3, -0.25) is 4.79 Å². The van der Waals surface area contributed by atoms with E-state index in [-0.39, 0.29) is 11.7 Å². The summed E-state index contributed by atoms with van der Waals surface area (Å²) in [5.41, 5.74) is 1.50. The second-order valence-electron chi connectivity index (χ2n) is 4.64. The number of hydrogen-bond donors (Lipinski definition) is 1. The van der Waals surface area contributed by atoms with Crippen LogP contribution in [-0.4, -0.2) is 25.3 Å². The van der Waals surface area contributed by atoms with Gasteiger partial charge < -0.3 is 14.2 Å². The molecule has 120 valence electrons. The quantitative estimate of drug-likeness (QED) is 0.650. The summed E-state index contributed by atoms with van der Waals surface area (Å²) in [6, 6.07) is 11.4. The second-order valence-corrected chi connectivity index (χ2v) is 5.04. The number of hydrogen-bond acceptors (Lipinski definition) is 5. The Labute approximate surface area is 139 Å². The van der Waals surface area contributed by atoms with E-state index in [1.54, 1.807) is 25.3 Å². The fourth-order valence-corrected chi connectivity index (χ4v) is 2.10. The summed E-state index contributed by atoms with van der Waals surface area (Å²) in [4.78, 5) is 23.1. The van der Waals surface area contributed by atoms with Gasteiger partial charge >= 0.3 is 5.97 Å². The molecule has 0 radical (unpaired) electrons. The topological polar surface area (TPSA) is 61.8 Å². The van der Waals surface area contributed by atoms with Crippen molar-refractivity contribution in [2.75, 3.05) is 14.2 Å². The Morgan fingerprint density at radius 1 is 0.957 bits per heavy atom. The van der Waals surface area contributed by atoms with Gasteiger partial charge in [0.2, 0.25) is 5.12 Å². The molecule has 5 nitrogen and oxygen atoms in total. The van der Waals surface area contributed by atoms with Gasteiger partial charge in [-0.2, -0.15) is 0 Å². The third kappa shape index (κ3) is 4.26. The van der Waals surface area contributed by atoms with Crippen LogP contribution in [0.15, 0.2) is 42.5 Å². The molecule has 0 heterocycles. The van der Waals surface area contributed by atoms with E-state index in [0.29, 0.717) is 22.6 Å². The number of benzene rings is 2. The molecule has 0 aromatic heterocycles. The SMILES string of the molecule is COc1ccc(COC(=O)c2ccc(C(=O)S)cc2)c(OC)c1. The van der Waals surface area contributed by atoms with Crippen molar-refractivity contribution in [2.45, 2.75) is 6.61 Å². The summed E-state index contributed by atoms with van der Waals surface area (Å²) >= 11 is 3.72. The molecular formula is C17H16O5S. The van der Waals surface area contributed by atoms with Crippen molar-refractivity contribution in [1.29, 1.82) is 0 Å². The van der Waals surface area contributed by atoms with E-state index in [4.69, 9.17) is 14.2 Å². The summed E-state index contributed by atoms with van der Waals surface area (Å²) < 4.78 is 15.6. The van der Waals surface area contributed by atoms with Crippen molar-refractivity contribution in [2.24, 2.45) is 0 Å². The van der Waals surface area contributed by atoms with Crippen LogP contribution >= 0.6 is 12.6 Å². The molecule has 0 bridgehead atoms. The Bertz CT molecular complexity index is 709. The van der Waals surface area contributed by atoms with Crippen molar-refractivity contribution in [1.82, 2.24) is 0 Å². The number of methoxy groups -OCH3 is 2. The maximum absolute atomic E-state index is 12.0. The third-order valence-corrected chi connectivity index (χ3v) is 3.48. The predicted molar refractivity (Wildman–Crippen MR) is 88.4 cm³/mol. The average Bonchev–Trinajstić information content (AvgIpc) is 2.59. The van der Waals surface area contributed by atoms with Crippen LogP contribution in [0.5, 0.6) is 11.5 Å². The number of ether oxygens (including phenoxy) is 3. The number of carbonyl (C=O) groups is 2. The molecule has 0 saturated heterocycles. The molecule has 0 N–H and O–H groups in total. The van der Waals surface area contributed by atoms with Crippen LogP contribution in [0.1, 0.15) is 26.3 Å². The van der Waals surface area contributed by atoms with Crippen LogP contribution in [0.2, 0.25) is 0 Å². The van der Waals surface area contributed by atoms with E-state index >= 15 is 0 Å². The van der Waals surface area contributed by atoms with E-state index in [9.17, 15) is 9.59 Å². The van der Waals surface area contributed by atoms with Gasteiger partial charge in [-0.05, 0) is 36.4 Å². The first kappa shape index (κ1) is 16.9. The zero-order valence-corrected chi connectivity index (χ0v) is 13.6. The van der Waals surface area contributed by atoms with Gasteiger partial charge in [0.25, 0.3) is 0 Å². The number of carbonyl (C=O) groups excluding carboxylic acids is 2. The van der Waals surface area contributed by atoms with Gasteiger partial charge in [-0.1, -0.05) is 0 Å². The minimum atomic E-state index is -0.485. The second kappa shape index (κ2) is 7.69. The Morgan fingerprint density at radius 3 is 2.17 bits per heavy atom. The van der Waals surface area contributed by atoms with Crippen molar-refractivity contribution >= 4 is 23.7 Å². The summed E-state index contributed by atoms with van der Waals surface area (Å²) in [6.45, 7) is 0.0687. The van der Waals surface area contributed by atoms with Crippen LogP contribution in [0.4, 0.5) is 0 Å². The zero-order valence-electron chi connectivity index (χ0n) is 12.7. The Balaban J connectivity index is 2.05. The fourth-order valence-electron chi connectivity index (χ4n) is 1.95. The van der Waals surface area contributed by atoms with Crippen molar-refractivity contribution < 1.29 is 23.8 Å². The molecular weight excluding hydrogens is 316 g/mol. The molecule has 0 aliphatic rings. The van der Waals surface area contributed by atoms with Gasteiger partial charge in [0.15, 0.2) is 0 Å². The van der Waals surface area contributed by atoms with Crippen LogP contribution in [0.25, 0.3) is 0 Å². The first-order valence-corrected chi connectivity index (χ1v) is 7.21. The Morgan fingerprint density at radius 2 is 1.61 bits per heavy atom. The lowest BCUT2D eigenvalue weighted by atomic mass is 10.1. The van der Waals surface area contributed by atoms with Gasteiger partial charge in [-0.15, -0.1) is 12.6 Å². The standard InChI is InChI=1S/C17H16O5S/c1-20-14-8-7-13(15(9-14)21-2)10-22-16(18)11-3-5-12(6-4-11)17(19)23/h3-9H,10H2,1-2H3,(H,19,23). The molecule has 0 atom stereocenters. The number of thiol groups is 1. The highest BCUT2D eigenvalue weighted by Crippen LogP contribution is 2.25. The lowest BCUT2D eigenvalue weighted by molar-refractivity contribution is 0.0470. The first-order valence-electron chi connectivity index (χ1n) is 6.76. The number of esters is 1. The van der Waals surface area contributed by atoms with E-state index in [2.05, 4.69) is 12.6 Å². The van der Waals surface area contributed by atoms with E-state index in [1.807, 2.05) is 0 Å². The van der Waals surface area contributed by atoms with Gasteiger partial charge in [0.05, 0.1) is 19.8 Å². The van der Waals surface area contributed by atoms with Crippen molar-refractivity contribution in [3.63, 3.8) is 0 Å². The van der Waals surface area contributed by atoms with Crippen LogP contribution in [0, 0.1) is 0 Å². The predicted octanol–water partition coefficient (Wildman–Crippen LogP) is 3.13. The lowest BCUT2D eigenvalue weighted by Gasteiger charge is -2.11. The summed E-state index contributed by atoms with van der Waals surface area (Å²) in [5.74, 6) is 0.748. The third-order valence-electron chi connectivity index (χ3n) is 3.22. The Hall–Kier alpha value is -2.47.